The second kappa shape index (κ2) is 8.10. The zero-order valence-corrected chi connectivity index (χ0v) is 16.4. The summed E-state index contributed by atoms with van der Waals surface area (Å²) in [6, 6.07) is 14.2. The summed E-state index contributed by atoms with van der Waals surface area (Å²) in [7, 11) is -0.550. The molecule has 144 valence electrons. The number of hydrogen-bond acceptors (Lipinski definition) is 4. The molecule has 1 heterocycles. The summed E-state index contributed by atoms with van der Waals surface area (Å²) in [5.41, 5.74) is 1.33. The molecule has 0 N–H and O–H groups in total. The molecule has 7 heteroatoms. The molecule has 3 rings (SSSR count). The Morgan fingerprint density at radius 2 is 1.78 bits per heavy atom. The summed E-state index contributed by atoms with van der Waals surface area (Å²) >= 11 is 0. The highest BCUT2D eigenvalue weighted by Gasteiger charge is 2.31. The Bertz CT molecular complexity index is 907. The smallest absolute Gasteiger partial charge is 0.253 e. The molecule has 0 unspecified atom stereocenters. The van der Waals surface area contributed by atoms with Crippen molar-refractivity contribution in [3.8, 4) is 5.75 Å². The first-order valence-electron chi connectivity index (χ1n) is 8.91. The third-order valence-electron chi connectivity index (χ3n) is 4.70. The van der Waals surface area contributed by atoms with Gasteiger partial charge in [0.15, 0.2) is 0 Å². The maximum atomic E-state index is 13.0. The highest BCUT2D eigenvalue weighted by atomic mass is 32.2. The van der Waals surface area contributed by atoms with E-state index in [1.165, 1.54) is 17.5 Å². The lowest BCUT2D eigenvalue weighted by molar-refractivity contribution is 0.0785. The predicted molar refractivity (Wildman–Crippen MR) is 103 cm³/mol. The molecule has 1 fully saturated rings. The van der Waals surface area contributed by atoms with E-state index in [4.69, 9.17) is 4.74 Å². The van der Waals surface area contributed by atoms with E-state index in [1.54, 1.807) is 24.1 Å². The molecule has 1 amide bonds. The summed E-state index contributed by atoms with van der Waals surface area (Å²) in [4.78, 5) is 14.4. The maximum absolute atomic E-state index is 13.0. The van der Waals surface area contributed by atoms with Crippen LogP contribution in [0.3, 0.4) is 0 Å². The van der Waals surface area contributed by atoms with Crippen LogP contribution < -0.4 is 4.74 Å². The van der Waals surface area contributed by atoms with Gasteiger partial charge < -0.3 is 9.64 Å². The molecular formula is C20H24N2O4S. The second-order valence-corrected chi connectivity index (χ2v) is 8.53. The van der Waals surface area contributed by atoms with Crippen molar-refractivity contribution in [3.05, 3.63) is 59.7 Å². The molecule has 27 heavy (non-hydrogen) atoms. The van der Waals surface area contributed by atoms with Crippen LogP contribution >= 0.6 is 0 Å². The van der Waals surface area contributed by atoms with Crippen molar-refractivity contribution in [1.29, 1.82) is 0 Å². The molecule has 1 saturated heterocycles. The Labute approximate surface area is 160 Å². The van der Waals surface area contributed by atoms with Gasteiger partial charge in [0.2, 0.25) is 10.0 Å². The number of carbonyl (C=O) groups excluding carboxylic acids is 1. The summed E-state index contributed by atoms with van der Waals surface area (Å²) in [5, 5.41) is 0. The summed E-state index contributed by atoms with van der Waals surface area (Å²) in [5.74, 6) is 0.0172. The fourth-order valence-corrected chi connectivity index (χ4v) is 4.93. The highest BCUT2D eigenvalue weighted by Crippen LogP contribution is 2.30. The van der Waals surface area contributed by atoms with Crippen LogP contribution in [0.4, 0.5) is 0 Å². The van der Waals surface area contributed by atoms with Gasteiger partial charge in [-0.2, -0.15) is 4.31 Å². The number of benzene rings is 2. The summed E-state index contributed by atoms with van der Waals surface area (Å²) in [6.07, 6.45) is 1.69. The number of ether oxygens (including phenoxy) is 1. The monoisotopic (exact) mass is 388 g/mol. The minimum absolute atomic E-state index is 0.0471. The Balaban J connectivity index is 1.89. The number of nitrogens with zero attached hydrogens (tertiary/aromatic N) is 2. The fraction of sp³-hybridized carbons (Fsp3) is 0.350. The fourth-order valence-electron chi connectivity index (χ4n) is 3.23. The van der Waals surface area contributed by atoms with Gasteiger partial charge in [0.05, 0.1) is 7.11 Å². The lowest BCUT2D eigenvalue weighted by Crippen LogP contribution is -2.29. The van der Waals surface area contributed by atoms with Gasteiger partial charge in [-0.3, -0.25) is 4.79 Å². The van der Waals surface area contributed by atoms with Crippen molar-refractivity contribution in [2.45, 2.75) is 24.3 Å². The van der Waals surface area contributed by atoms with E-state index in [1.807, 2.05) is 30.3 Å². The highest BCUT2D eigenvalue weighted by molar-refractivity contribution is 7.89. The van der Waals surface area contributed by atoms with Gasteiger partial charge in [-0.1, -0.05) is 30.3 Å². The minimum atomic E-state index is -3.68. The van der Waals surface area contributed by atoms with E-state index in [-0.39, 0.29) is 16.6 Å². The van der Waals surface area contributed by atoms with E-state index >= 15 is 0 Å². The lowest BCUT2D eigenvalue weighted by Gasteiger charge is -2.20. The van der Waals surface area contributed by atoms with Crippen molar-refractivity contribution in [3.63, 3.8) is 0 Å². The molecular weight excluding hydrogens is 364 g/mol. The summed E-state index contributed by atoms with van der Waals surface area (Å²) < 4.78 is 32.6. The molecule has 0 atom stereocenters. The normalized spacial score (nSPS) is 14.9. The van der Waals surface area contributed by atoms with Gasteiger partial charge in [0.1, 0.15) is 10.6 Å². The molecule has 2 aromatic rings. The molecule has 6 nitrogen and oxygen atoms in total. The average Bonchev–Trinajstić information content (AvgIpc) is 3.23. The topological polar surface area (TPSA) is 66.9 Å². The minimum Gasteiger partial charge on any atom is -0.495 e. The number of carbonyl (C=O) groups is 1. The number of sulfonamides is 1. The molecule has 1 aliphatic rings. The first-order valence-corrected chi connectivity index (χ1v) is 10.3. The Morgan fingerprint density at radius 1 is 1.11 bits per heavy atom. The van der Waals surface area contributed by atoms with Crippen molar-refractivity contribution < 1.29 is 17.9 Å². The van der Waals surface area contributed by atoms with Crippen LogP contribution in [-0.4, -0.2) is 50.8 Å². The van der Waals surface area contributed by atoms with E-state index in [0.29, 0.717) is 25.2 Å². The third-order valence-corrected chi connectivity index (χ3v) is 6.62. The number of methoxy groups -OCH3 is 1. The average molecular weight is 388 g/mol. The standard InChI is InChI=1S/C20H24N2O4S/c1-21(15-16-8-4-3-5-9-16)20(23)17-10-11-18(26-2)19(14-17)27(24,25)22-12-6-7-13-22/h3-5,8-11,14H,6-7,12-13,15H2,1-2H3. The second-order valence-electron chi connectivity index (χ2n) is 6.62. The molecule has 0 aromatic heterocycles. The van der Waals surface area contributed by atoms with Crippen molar-refractivity contribution >= 4 is 15.9 Å². The summed E-state index contributed by atoms with van der Waals surface area (Å²) in [6.45, 7) is 1.44. The third kappa shape index (κ3) is 4.14. The van der Waals surface area contributed by atoms with Crippen LogP contribution in [0.2, 0.25) is 0 Å². The number of hydrogen-bond donors (Lipinski definition) is 0. The van der Waals surface area contributed by atoms with Crippen LogP contribution in [-0.2, 0) is 16.6 Å². The van der Waals surface area contributed by atoms with Crippen LogP contribution in [0, 0.1) is 0 Å². The first kappa shape index (κ1) is 19.4. The zero-order chi connectivity index (χ0) is 19.4. The van der Waals surface area contributed by atoms with Gasteiger partial charge in [-0.05, 0) is 36.6 Å². The van der Waals surface area contributed by atoms with E-state index in [2.05, 4.69) is 0 Å². The maximum Gasteiger partial charge on any atom is 0.253 e. The van der Waals surface area contributed by atoms with E-state index < -0.39 is 10.0 Å². The molecule has 1 aliphatic heterocycles. The zero-order valence-electron chi connectivity index (χ0n) is 15.6. The Hall–Kier alpha value is -2.38. The van der Waals surface area contributed by atoms with Gasteiger partial charge in [0.25, 0.3) is 5.91 Å². The van der Waals surface area contributed by atoms with Crippen molar-refractivity contribution in [2.24, 2.45) is 0 Å². The van der Waals surface area contributed by atoms with Crippen molar-refractivity contribution in [1.82, 2.24) is 9.21 Å². The van der Waals surface area contributed by atoms with Gasteiger partial charge in [-0.15, -0.1) is 0 Å². The molecule has 2 aromatic carbocycles. The number of amides is 1. The molecule has 0 saturated carbocycles. The quantitative estimate of drug-likeness (QED) is 0.763. The van der Waals surface area contributed by atoms with Gasteiger partial charge in [-0.25, -0.2) is 8.42 Å². The van der Waals surface area contributed by atoms with Gasteiger partial charge >= 0.3 is 0 Å². The molecule has 0 radical (unpaired) electrons. The van der Waals surface area contributed by atoms with Crippen LogP contribution in [0.5, 0.6) is 5.75 Å². The molecule has 0 bridgehead atoms. The van der Waals surface area contributed by atoms with E-state index in [9.17, 15) is 13.2 Å². The van der Waals surface area contributed by atoms with Crippen LogP contribution in [0.25, 0.3) is 0 Å². The Morgan fingerprint density at radius 3 is 2.41 bits per heavy atom. The van der Waals surface area contributed by atoms with E-state index in [0.717, 1.165) is 18.4 Å². The first-order chi connectivity index (χ1) is 12.9. The predicted octanol–water partition coefficient (Wildman–Crippen LogP) is 2.75. The van der Waals surface area contributed by atoms with Crippen LogP contribution in [0.15, 0.2) is 53.4 Å². The Kier molecular flexibility index (Phi) is 5.82. The molecule has 0 spiro atoms. The molecule has 0 aliphatic carbocycles. The van der Waals surface area contributed by atoms with Crippen molar-refractivity contribution in [2.75, 3.05) is 27.2 Å². The SMILES string of the molecule is COc1ccc(C(=O)N(C)Cc2ccccc2)cc1S(=O)(=O)N1CCCC1. The largest absolute Gasteiger partial charge is 0.495 e. The lowest BCUT2D eigenvalue weighted by atomic mass is 10.1. The van der Waals surface area contributed by atoms with Crippen LogP contribution in [0.1, 0.15) is 28.8 Å². The number of rotatable bonds is 6. The van der Waals surface area contributed by atoms with Gasteiger partial charge in [0, 0.05) is 32.2 Å².